The van der Waals surface area contributed by atoms with E-state index < -0.39 is 18.5 Å². The quantitative estimate of drug-likeness (QED) is 0.571. The van der Waals surface area contributed by atoms with Crippen molar-refractivity contribution in [2.45, 2.75) is 20.5 Å². The van der Waals surface area contributed by atoms with Crippen molar-refractivity contribution in [3.63, 3.8) is 0 Å². The molecule has 3 aromatic carbocycles. The van der Waals surface area contributed by atoms with Crippen molar-refractivity contribution in [3.8, 4) is 5.75 Å². The van der Waals surface area contributed by atoms with Crippen LogP contribution in [0.5, 0.6) is 5.75 Å². The number of hydrogen-bond donors (Lipinski definition) is 1. The number of halogens is 1. The zero-order valence-electron chi connectivity index (χ0n) is 16.8. The molecule has 0 saturated heterocycles. The number of carbonyl (C=O) groups excluding carboxylic acids is 2. The number of nitrogens with one attached hydrogen (secondary N) is 1. The summed E-state index contributed by atoms with van der Waals surface area (Å²) in [5.41, 5.74) is 3.65. The normalized spacial score (nSPS) is 10.4. The van der Waals surface area contributed by atoms with E-state index in [2.05, 4.69) is 5.32 Å². The highest BCUT2D eigenvalue weighted by Crippen LogP contribution is 2.21. The van der Waals surface area contributed by atoms with Crippen LogP contribution in [0.4, 0.5) is 10.1 Å². The fourth-order valence-electron chi connectivity index (χ4n) is 2.78. The average molecular weight is 407 g/mol. The number of hydrogen-bond acceptors (Lipinski definition) is 4. The summed E-state index contributed by atoms with van der Waals surface area (Å²) < 4.78 is 23.9. The minimum Gasteiger partial charge on any atom is -0.488 e. The Balaban J connectivity index is 1.59. The van der Waals surface area contributed by atoms with Gasteiger partial charge in [0.15, 0.2) is 6.61 Å². The molecule has 3 aromatic rings. The highest BCUT2D eigenvalue weighted by Gasteiger charge is 2.16. The predicted octanol–water partition coefficient (Wildman–Crippen LogP) is 4.82. The van der Waals surface area contributed by atoms with Crippen molar-refractivity contribution in [3.05, 3.63) is 94.8 Å². The predicted molar refractivity (Wildman–Crippen MR) is 112 cm³/mol. The second-order valence-electron chi connectivity index (χ2n) is 6.78. The van der Waals surface area contributed by atoms with E-state index in [0.29, 0.717) is 11.4 Å². The maximum atomic E-state index is 13.0. The molecule has 0 saturated carbocycles. The van der Waals surface area contributed by atoms with Gasteiger partial charge in [0.2, 0.25) is 0 Å². The minimum atomic E-state index is -0.666. The first-order valence-corrected chi connectivity index (χ1v) is 9.43. The highest BCUT2D eigenvalue weighted by atomic mass is 19.1. The van der Waals surface area contributed by atoms with E-state index in [9.17, 15) is 14.0 Å². The van der Waals surface area contributed by atoms with Crippen molar-refractivity contribution >= 4 is 17.6 Å². The standard InChI is InChI=1S/C24H22FNO4/c1-16-6-5-8-21(17(16)2)26-23(27)15-30-24(28)20-7-3-4-9-22(20)29-14-18-10-12-19(25)13-11-18/h3-13H,14-15H2,1-2H3,(H,26,27). The van der Waals surface area contributed by atoms with Crippen molar-refractivity contribution in [2.75, 3.05) is 11.9 Å². The van der Waals surface area contributed by atoms with Gasteiger partial charge in [-0.25, -0.2) is 9.18 Å². The lowest BCUT2D eigenvalue weighted by atomic mass is 10.1. The summed E-state index contributed by atoms with van der Waals surface area (Å²) in [5, 5.41) is 2.75. The maximum Gasteiger partial charge on any atom is 0.342 e. The summed E-state index contributed by atoms with van der Waals surface area (Å²) in [6, 6.07) is 18.1. The van der Waals surface area contributed by atoms with Gasteiger partial charge in [-0.1, -0.05) is 36.4 Å². The van der Waals surface area contributed by atoms with Gasteiger partial charge < -0.3 is 14.8 Å². The zero-order valence-corrected chi connectivity index (χ0v) is 16.8. The summed E-state index contributed by atoms with van der Waals surface area (Å²) in [4.78, 5) is 24.7. The van der Waals surface area contributed by atoms with Gasteiger partial charge >= 0.3 is 5.97 Å². The molecule has 0 aliphatic rings. The number of para-hydroxylation sites is 1. The van der Waals surface area contributed by atoms with Crippen LogP contribution in [-0.2, 0) is 16.1 Å². The summed E-state index contributed by atoms with van der Waals surface area (Å²) >= 11 is 0. The van der Waals surface area contributed by atoms with Crippen LogP contribution in [0.2, 0.25) is 0 Å². The Morgan fingerprint density at radius 3 is 2.43 bits per heavy atom. The Morgan fingerprint density at radius 2 is 1.67 bits per heavy atom. The van der Waals surface area contributed by atoms with Gasteiger partial charge in [0.05, 0.1) is 0 Å². The average Bonchev–Trinajstić information content (AvgIpc) is 2.75. The van der Waals surface area contributed by atoms with E-state index in [1.54, 1.807) is 42.5 Å². The van der Waals surface area contributed by atoms with Crippen molar-refractivity contribution < 1.29 is 23.5 Å². The van der Waals surface area contributed by atoms with E-state index in [-0.39, 0.29) is 18.0 Å². The van der Waals surface area contributed by atoms with E-state index >= 15 is 0 Å². The van der Waals surface area contributed by atoms with Crippen LogP contribution in [0.25, 0.3) is 0 Å². The molecule has 154 valence electrons. The number of esters is 1. The summed E-state index contributed by atoms with van der Waals surface area (Å²) in [6.45, 7) is 3.61. The molecule has 0 aliphatic heterocycles. The molecule has 0 heterocycles. The number of aryl methyl sites for hydroxylation is 1. The lowest BCUT2D eigenvalue weighted by Crippen LogP contribution is -2.21. The molecular weight excluding hydrogens is 385 g/mol. The third-order valence-corrected chi connectivity index (χ3v) is 4.63. The van der Waals surface area contributed by atoms with E-state index in [4.69, 9.17) is 9.47 Å². The van der Waals surface area contributed by atoms with Gasteiger partial charge in [-0.05, 0) is 60.9 Å². The van der Waals surface area contributed by atoms with E-state index in [1.807, 2.05) is 26.0 Å². The van der Waals surface area contributed by atoms with Crippen LogP contribution < -0.4 is 10.1 Å². The molecule has 0 atom stereocenters. The first-order chi connectivity index (χ1) is 14.4. The molecule has 5 nitrogen and oxygen atoms in total. The molecule has 6 heteroatoms. The molecule has 30 heavy (non-hydrogen) atoms. The molecule has 3 rings (SSSR count). The Morgan fingerprint density at radius 1 is 0.933 bits per heavy atom. The molecule has 0 fully saturated rings. The first kappa shape index (κ1) is 21.0. The number of anilines is 1. The zero-order chi connectivity index (χ0) is 21.5. The number of ether oxygens (including phenoxy) is 2. The van der Waals surface area contributed by atoms with Gasteiger partial charge in [-0.2, -0.15) is 0 Å². The summed E-state index contributed by atoms with van der Waals surface area (Å²) in [6.07, 6.45) is 0. The monoisotopic (exact) mass is 407 g/mol. The lowest BCUT2D eigenvalue weighted by molar-refractivity contribution is -0.119. The molecule has 0 aromatic heterocycles. The Kier molecular flexibility index (Phi) is 6.80. The Hall–Kier alpha value is -3.67. The third-order valence-electron chi connectivity index (χ3n) is 4.63. The largest absolute Gasteiger partial charge is 0.488 e. The Labute approximate surface area is 174 Å². The van der Waals surface area contributed by atoms with Crippen LogP contribution in [0.15, 0.2) is 66.7 Å². The van der Waals surface area contributed by atoms with Gasteiger partial charge in [-0.15, -0.1) is 0 Å². The van der Waals surface area contributed by atoms with Crippen molar-refractivity contribution in [2.24, 2.45) is 0 Å². The molecule has 0 spiro atoms. The summed E-state index contributed by atoms with van der Waals surface area (Å²) in [5.74, 6) is -1.11. The second-order valence-corrected chi connectivity index (χ2v) is 6.78. The third kappa shape index (κ3) is 5.44. The van der Waals surface area contributed by atoms with Crippen LogP contribution >= 0.6 is 0 Å². The highest BCUT2D eigenvalue weighted by molar-refractivity contribution is 5.97. The fraction of sp³-hybridized carbons (Fsp3) is 0.167. The van der Waals surface area contributed by atoms with Crippen LogP contribution in [0.3, 0.4) is 0 Å². The van der Waals surface area contributed by atoms with Crippen molar-refractivity contribution in [1.82, 2.24) is 0 Å². The van der Waals surface area contributed by atoms with Crippen molar-refractivity contribution in [1.29, 1.82) is 0 Å². The molecular formula is C24H22FNO4. The molecule has 0 radical (unpaired) electrons. The lowest BCUT2D eigenvalue weighted by Gasteiger charge is -2.12. The maximum absolute atomic E-state index is 13.0. The number of carbonyl (C=O) groups is 2. The number of benzene rings is 3. The molecule has 1 amide bonds. The molecule has 0 aliphatic carbocycles. The minimum absolute atomic E-state index is 0.164. The van der Waals surface area contributed by atoms with Gasteiger partial charge in [0, 0.05) is 5.69 Å². The second kappa shape index (κ2) is 9.69. The topological polar surface area (TPSA) is 64.6 Å². The van der Waals surface area contributed by atoms with Crippen LogP contribution in [0, 0.1) is 19.7 Å². The van der Waals surface area contributed by atoms with Crippen LogP contribution in [-0.4, -0.2) is 18.5 Å². The number of rotatable bonds is 7. The first-order valence-electron chi connectivity index (χ1n) is 9.43. The SMILES string of the molecule is Cc1cccc(NC(=O)COC(=O)c2ccccc2OCc2ccc(F)cc2)c1C. The van der Waals surface area contributed by atoms with Gasteiger partial charge in [0.25, 0.3) is 5.91 Å². The molecule has 0 unspecified atom stereocenters. The fourth-order valence-corrected chi connectivity index (χ4v) is 2.78. The molecule has 0 bridgehead atoms. The van der Waals surface area contributed by atoms with E-state index in [0.717, 1.165) is 16.7 Å². The van der Waals surface area contributed by atoms with Gasteiger partial charge in [-0.3, -0.25) is 4.79 Å². The Bertz CT molecular complexity index is 1050. The smallest absolute Gasteiger partial charge is 0.342 e. The summed E-state index contributed by atoms with van der Waals surface area (Å²) in [7, 11) is 0. The van der Waals surface area contributed by atoms with Crippen LogP contribution in [0.1, 0.15) is 27.0 Å². The van der Waals surface area contributed by atoms with Gasteiger partial charge in [0.1, 0.15) is 23.7 Å². The van der Waals surface area contributed by atoms with E-state index in [1.165, 1.54) is 12.1 Å². The molecule has 1 N–H and O–H groups in total. The number of amides is 1.